The molecular formula is C17H24O6. The fourth-order valence-electron chi connectivity index (χ4n) is 2.57. The maximum atomic E-state index is 11.4. The molecule has 1 saturated carbocycles. The third kappa shape index (κ3) is 4.77. The number of aliphatic hydroxyl groups is 2. The highest BCUT2D eigenvalue weighted by Crippen LogP contribution is 2.40. The zero-order chi connectivity index (χ0) is 17.7. The number of benzene rings is 1. The maximum Gasteiger partial charge on any atom is 0.340 e. The summed E-state index contributed by atoms with van der Waals surface area (Å²) in [5.74, 6) is -2.49. The number of carboxylic acid groups (broad SMARTS) is 2. The number of hydrogen-bond donors (Lipinski definition) is 4. The lowest BCUT2D eigenvalue weighted by Crippen LogP contribution is -2.42. The standard InChI is InChI=1S/C13H16O3.C4H8O3/c14-12(15)13(16,11-8-4-5-9-11)10-6-2-1-3-7-10;1-4(2,7)3(5)6/h1-3,6-7,11,16H,4-5,8-9H2,(H,14,15);7H,1-2H3,(H,5,6). The molecule has 1 aromatic rings. The van der Waals surface area contributed by atoms with Crippen molar-refractivity contribution in [2.45, 2.75) is 50.7 Å². The molecule has 128 valence electrons. The van der Waals surface area contributed by atoms with Crippen LogP contribution in [0.25, 0.3) is 0 Å². The molecule has 1 aliphatic carbocycles. The van der Waals surface area contributed by atoms with Gasteiger partial charge in [0.2, 0.25) is 0 Å². The Bertz CT molecular complexity index is 528. The number of carboxylic acids is 2. The van der Waals surface area contributed by atoms with Crippen LogP contribution in [0.5, 0.6) is 0 Å². The lowest BCUT2D eigenvalue weighted by atomic mass is 9.80. The quantitative estimate of drug-likeness (QED) is 0.673. The summed E-state index contributed by atoms with van der Waals surface area (Å²) in [6.45, 7) is 2.44. The van der Waals surface area contributed by atoms with Crippen LogP contribution < -0.4 is 0 Å². The number of carbonyl (C=O) groups is 2. The van der Waals surface area contributed by atoms with Crippen LogP contribution in [0.3, 0.4) is 0 Å². The second kappa shape index (κ2) is 7.57. The van der Waals surface area contributed by atoms with Gasteiger partial charge in [-0.2, -0.15) is 0 Å². The van der Waals surface area contributed by atoms with Gasteiger partial charge in [-0.3, -0.25) is 0 Å². The zero-order valence-electron chi connectivity index (χ0n) is 13.4. The van der Waals surface area contributed by atoms with Crippen LogP contribution in [0.1, 0.15) is 45.1 Å². The minimum Gasteiger partial charge on any atom is -0.479 e. The van der Waals surface area contributed by atoms with Crippen molar-refractivity contribution < 1.29 is 30.0 Å². The molecule has 2 rings (SSSR count). The molecule has 0 aromatic heterocycles. The Balaban J connectivity index is 0.000000322. The molecule has 6 heteroatoms. The highest BCUT2D eigenvalue weighted by atomic mass is 16.4. The summed E-state index contributed by atoms with van der Waals surface area (Å²) in [5.41, 5.74) is -2.80. The van der Waals surface area contributed by atoms with Crippen LogP contribution in [0.15, 0.2) is 30.3 Å². The first kappa shape index (κ1) is 19.1. The van der Waals surface area contributed by atoms with Crippen LogP contribution in [-0.2, 0) is 15.2 Å². The van der Waals surface area contributed by atoms with E-state index in [1.54, 1.807) is 24.3 Å². The monoisotopic (exact) mass is 324 g/mol. The molecule has 0 radical (unpaired) electrons. The Labute approximate surface area is 135 Å². The maximum absolute atomic E-state index is 11.4. The van der Waals surface area contributed by atoms with Crippen LogP contribution in [-0.4, -0.2) is 38.0 Å². The van der Waals surface area contributed by atoms with Crippen LogP contribution in [0.2, 0.25) is 0 Å². The van der Waals surface area contributed by atoms with Crippen molar-refractivity contribution >= 4 is 11.9 Å². The molecule has 1 atom stereocenters. The lowest BCUT2D eigenvalue weighted by Gasteiger charge is -2.30. The lowest BCUT2D eigenvalue weighted by molar-refractivity contribution is -0.166. The summed E-state index contributed by atoms with van der Waals surface area (Å²) in [5, 5.41) is 36.3. The Morgan fingerprint density at radius 2 is 1.39 bits per heavy atom. The van der Waals surface area contributed by atoms with E-state index in [4.69, 9.17) is 10.2 Å². The number of rotatable bonds is 4. The van der Waals surface area contributed by atoms with Gasteiger partial charge in [-0.25, -0.2) is 9.59 Å². The summed E-state index contributed by atoms with van der Waals surface area (Å²) in [6, 6.07) is 8.72. The predicted octanol–water partition coefficient (Wildman–Crippen LogP) is 1.99. The fraction of sp³-hybridized carbons (Fsp3) is 0.529. The van der Waals surface area contributed by atoms with Gasteiger partial charge in [0.1, 0.15) is 0 Å². The van der Waals surface area contributed by atoms with E-state index in [0.717, 1.165) is 25.7 Å². The molecule has 1 unspecified atom stereocenters. The molecule has 0 bridgehead atoms. The van der Waals surface area contributed by atoms with Gasteiger partial charge >= 0.3 is 11.9 Å². The van der Waals surface area contributed by atoms with Crippen LogP contribution >= 0.6 is 0 Å². The Morgan fingerprint density at radius 3 is 1.74 bits per heavy atom. The first-order valence-electron chi connectivity index (χ1n) is 7.57. The van der Waals surface area contributed by atoms with Gasteiger partial charge in [0.05, 0.1) is 0 Å². The number of aliphatic carboxylic acids is 2. The molecule has 1 aromatic carbocycles. The fourth-order valence-corrected chi connectivity index (χ4v) is 2.57. The van der Waals surface area contributed by atoms with Gasteiger partial charge in [0.15, 0.2) is 11.2 Å². The average Bonchev–Trinajstić information content (AvgIpc) is 3.01. The molecule has 0 saturated heterocycles. The van der Waals surface area contributed by atoms with E-state index in [-0.39, 0.29) is 5.92 Å². The summed E-state index contributed by atoms with van der Waals surface area (Å²) >= 11 is 0. The molecular weight excluding hydrogens is 300 g/mol. The van der Waals surface area contributed by atoms with Crippen molar-refractivity contribution in [2.75, 3.05) is 0 Å². The summed E-state index contributed by atoms with van der Waals surface area (Å²) < 4.78 is 0. The molecule has 4 N–H and O–H groups in total. The third-order valence-electron chi connectivity index (χ3n) is 4.01. The van der Waals surface area contributed by atoms with Crippen molar-refractivity contribution in [3.8, 4) is 0 Å². The van der Waals surface area contributed by atoms with Crippen molar-refractivity contribution in [1.29, 1.82) is 0 Å². The van der Waals surface area contributed by atoms with Crippen molar-refractivity contribution in [3.63, 3.8) is 0 Å². The second-order valence-electron chi connectivity index (χ2n) is 6.28. The molecule has 0 aliphatic heterocycles. The molecule has 1 fully saturated rings. The third-order valence-corrected chi connectivity index (χ3v) is 4.01. The van der Waals surface area contributed by atoms with Gasteiger partial charge in [-0.05, 0) is 32.3 Å². The molecule has 23 heavy (non-hydrogen) atoms. The minimum atomic E-state index is -1.71. The van der Waals surface area contributed by atoms with Gasteiger partial charge in [0, 0.05) is 5.92 Å². The van der Waals surface area contributed by atoms with Crippen molar-refractivity contribution in [2.24, 2.45) is 5.92 Å². The molecule has 6 nitrogen and oxygen atoms in total. The Kier molecular flexibility index (Phi) is 6.29. The van der Waals surface area contributed by atoms with Crippen molar-refractivity contribution in [1.82, 2.24) is 0 Å². The first-order chi connectivity index (χ1) is 10.6. The van der Waals surface area contributed by atoms with E-state index in [0.29, 0.717) is 5.56 Å². The topological polar surface area (TPSA) is 115 Å². The molecule has 0 amide bonds. The highest BCUT2D eigenvalue weighted by molar-refractivity contribution is 5.79. The zero-order valence-corrected chi connectivity index (χ0v) is 13.4. The molecule has 0 spiro atoms. The Morgan fingerprint density at radius 1 is 0.957 bits per heavy atom. The number of hydrogen-bond acceptors (Lipinski definition) is 4. The van der Waals surface area contributed by atoms with Gasteiger partial charge < -0.3 is 20.4 Å². The van der Waals surface area contributed by atoms with E-state index in [9.17, 15) is 19.8 Å². The largest absolute Gasteiger partial charge is 0.479 e. The smallest absolute Gasteiger partial charge is 0.340 e. The van der Waals surface area contributed by atoms with E-state index in [2.05, 4.69) is 0 Å². The summed E-state index contributed by atoms with van der Waals surface area (Å²) in [4.78, 5) is 21.1. The van der Waals surface area contributed by atoms with E-state index in [1.165, 1.54) is 13.8 Å². The second-order valence-corrected chi connectivity index (χ2v) is 6.28. The normalized spacial score (nSPS) is 17.7. The minimum absolute atomic E-state index is 0.160. The van der Waals surface area contributed by atoms with E-state index < -0.39 is 23.1 Å². The van der Waals surface area contributed by atoms with Gasteiger partial charge in [0.25, 0.3) is 0 Å². The first-order valence-corrected chi connectivity index (χ1v) is 7.57. The van der Waals surface area contributed by atoms with E-state index >= 15 is 0 Å². The predicted molar refractivity (Wildman–Crippen MR) is 83.9 cm³/mol. The highest BCUT2D eigenvalue weighted by Gasteiger charge is 2.46. The van der Waals surface area contributed by atoms with Gasteiger partial charge in [-0.1, -0.05) is 43.2 Å². The molecule has 1 aliphatic rings. The van der Waals surface area contributed by atoms with Crippen LogP contribution in [0.4, 0.5) is 0 Å². The molecule has 0 heterocycles. The summed E-state index contributed by atoms with van der Waals surface area (Å²) in [7, 11) is 0. The summed E-state index contributed by atoms with van der Waals surface area (Å²) in [6.07, 6.45) is 3.59. The van der Waals surface area contributed by atoms with Crippen LogP contribution in [0, 0.1) is 5.92 Å². The van der Waals surface area contributed by atoms with E-state index in [1.807, 2.05) is 6.07 Å². The SMILES string of the molecule is CC(C)(O)C(=O)O.O=C(O)C(O)(c1ccccc1)C1CCCC1. The Hall–Kier alpha value is -1.92. The van der Waals surface area contributed by atoms with Crippen molar-refractivity contribution in [3.05, 3.63) is 35.9 Å². The van der Waals surface area contributed by atoms with Gasteiger partial charge in [-0.15, -0.1) is 0 Å². The average molecular weight is 324 g/mol.